The average Bonchev–Trinajstić information content (AvgIpc) is 2.18. The second-order valence-electron chi connectivity index (χ2n) is 3.24. The number of fused-ring (bicyclic) bond motifs is 1. The summed E-state index contributed by atoms with van der Waals surface area (Å²) in [6.07, 6.45) is 4.79. The Bertz CT molecular complexity index is 326. The fourth-order valence-corrected chi connectivity index (χ4v) is 2.53. The third-order valence-corrected chi connectivity index (χ3v) is 3.32. The van der Waals surface area contributed by atoms with E-state index in [0.29, 0.717) is 0 Å². The topological polar surface area (TPSA) is 0 Å². The van der Waals surface area contributed by atoms with Gasteiger partial charge in [-0.05, 0) is 40.7 Å². The van der Waals surface area contributed by atoms with Gasteiger partial charge in [-0.3, -0.25) is 0 Å². The van der Waals surface area contributed by atoms with Crippen molar-refractivity contribution in [3.63, 3.8) is 0 Å². The maximum absolute atomic E-state index is 2.34. The fraction of sp³-hybridized carbons (Fsp3) is 0.333. The minimum Gasteiger partial charge on any atom is -0.131 e. The zero-order chi connectivity index (χ0) is 9.10. The summed E-state index contributed by atoms with van der Waals surface area (Å²) in [5.41, 5.74) is 2.92. The maximum Gasteiger partial charge on any atom is -0.00517 e. The zero-order valence-electron chi connectivity index (χ0n) is 7.92. The van der Waals surface area contributed by atoms with Gasteiger partial charge in [0.25, 0.3) is 0 Å². The molecule has 0 amide bonds. The molecule has 1 aliphatic carbocycles. The van der Waals surface area contributed by atoms with Crippen LogP contribution in [-0.4, -0.2) is 5.75 Å². The molecular formula is C12H14S. The lowest BCUT2D eigenvalue weighted by atomic mass is 9.98. The Balaban J connectivity index is 2.28. The minimum absolute atomic E-state index is 1.19. The molecule has 1 aromatic rings. The van der Waals surface area contributed by atoms with Crippen LogP contribution in [0, 0.1) is 0 Å². The summed E-state index contributed by atoms with van der Waals surface area (Å²) >= 11 is 1.98. The van der Waals surface area contributed by atoms with Crippen LogP contribution < -0.4 is 0 Å². The second-order valence-corrected chi connectivity index (χ2v) is 4.63. The minimum atomic E-state index is 1.19. The number of hydrogen-bond donors (Lipinski definition) is 0. The summed E-state index contributed by atoms with van der Waals surface area (Å²) in [5.74, 6) is 1.19. The first-order chi connectivity index (χ1) is 6.40. The number of aryl methyl sites for hydroxylation is 1. The lowest BCUT2D eigenvalue weighted by Crippen LogP contribution is -1.96. The zero-order valence-corrected chi connectivity index (χ0v) is 8.73. The third-order valence-electron chi connectivity index (χ3n) is 2.34. The molecule has 0 unspecified atom stereocenters. The van der Waals surface area contributed by atoms with Crippen molar-refractivity contribution in [1.29, 1.82) is 0 Å². The molecule has 0 aromatic heterocycles. The molecule has 0 aliphatic heterocycles. The molecule has 68 valence electrons. The van der Waals surface area contributed by atoms with E-state index in [4.69, 9.17) is 0 Å². The molecular weight excluding hydrogens is 176 g/mol. The van der Waals surface area contributed by atoms with E-state index in [1.165, 1.54) is 29.7 Å². The molecule has 0 bridgehead atoms. The van der Waals surface area contributed by atoms with Crippen molar-refractivity contribution >= 4 is 17.8 Å². The van der Waals surface area contributed by atoms with Crippen LogP contribution >= 0.6 is 11.8 Å². The highest BCUT2D eigenvalue weighted by Crippen LogP contribution is 2.30. The predicted molar refractivity (Wildman–Crippen MR) is 60.9 cm³/mol. The first-order valence-electron chi connectivity index (χ1n) is 4.81. The van der Waals surface area contributed by atoms with Crippen LogP contribution in [-0.2, 0) is 6.42 Å². The van der Waals surface area contributed by atoms with Gasteiger partial charge in [-0.1, -0.05) is 31.2 Å². The van der Waals surface area contributed by atoms with Crippen LogP contribution in [0.3, 0.4) is 0 Å². The molecule has 0 saturated heterocycles. The number of benzene rings is 1. The summed E-state index contributed by atoms with van der Waals surface area (Å²) in [6.45, 7) is 2.21. The number of rotatable bonds is 2. The Labute approximate surface area is 84.0 Å². The monoisotopic (exact) mass is 190 g/mol. The van der Waals surface area contributed by atoms with Crippen molar-refractivity contribution in [1.82, 2.24) is 0 Å². The molecule has 1 aliphatic rings. The Morgan fingerprint density at radius 1 is 1.23 bits per heavy atom. The molecule has 0 fully saturated rings. The summed E-state index contributed by atoms with van der Waals surface area (Å²) in [4.78, 5) is 1.54. The number of thioether (sulfide) groups is 1. The van der Waals surface area contributed by atoms with Crippen LogP contribution in [0.4, 0.5) is 0 Å². The van der Waals surface area contributed by atoms with Gasteiger partial charge in [-0.25, -0.2) is 0 Å². The molecule has 0 nitrogen and oxygen atoms in total. The lowest BCUT2D eigenvalue weighted by Gasteiger charge is -2.14. The highest BCUT2D eigenvalue weighted by molar-refractivity contribution is 8.03. The number of allylic oxidation sites excluding steroid dienone is 1. The maximum atomic E-state index is 2.34. The van der Waals surface area contributed by atoms with E-state index in [1.54, 1.807) is 4.91 Å². The van der Waals surface area contributed by atoms with E-state index in [2.05, 4.69) is 37.3 Å². The van der Waals surface area contributed by atoms with Gasteiger partial charge in [0.1, 0.15) is 0 Å². The van der Waals surface area contributed by atoms with Gasteiger partial charge in [0, 0.05) is 0 Å². The van der Waals surface area contributed by atoms with Gasteiger partial charge in [0.2, 0.25) is 0 Å². The van der Waals surface area contributed by atoms with Crippen molar-refractivity contribution in [2.45, 2.75) is 19.8 Å². The quantitative estimate of drug-likeness (QED) is 0.684. The van der Waals surface area contributed by atoms with Gasteiger partial charge in [0.15, 0.2) is 0 Å². The Kier molecular flexibility index (Phi) is 2.74. The molecule has 0 atom stereocenters. The van der Waals surface area contributed by atoms with Gasteiger partial charge in [0.05, 0.1) is 0 Å². The Morgan fingerprint density at radius 2 is 2.08 bits per heavy atom. The first kappa shape index (κ1) is 8.89. The van der Waals surface area contributed by atoms with Gasteiger partial charge in [-0.15, -0.1) is 11.8 Å². The third kappa shape index (κ3) is 1.97. The highest BCUT2D eigenvalue weighted by Gasteiger charge is 2.08. The molecule has 1 heteroatoms. The van der Waals surface area contributed by atoms with Crippen LogP contribution in [0.5, 0.6) is 0 Å². The summed E-state index contributed by atoms with van der Waals surface area (Å²) in [5, 5.41) is 0. The largest absolute Gasteiger partial charge is 0.131 e. The normalized spacial score (nSPS) is 15.0. The smallest absolute Gasteiger partial charge is 0.00517 e. The number of hydrogen-bond acceptors (Lipinski definition) is 1. The molecule has 2 rings (SSSR count). The Hall–Kier alpha value is -0.690. The second kappa shape index (κ2) is 4.01. The van der Waals surface area contributed by atoms with Crippen LogP contribution in [0.1, 0.15) is 24.5 Å². The van der Waals surface area contributed by atoms with E-state index in [1.807, 2.05) is 11.8 Å². The van der Waals surface area contributed by atoms with Crippen LogP contribution in [0.2, 0.25) is 0 Å². The molecule has 0 spiro atoms. The molecule has 0 saturated carbocycles. The van der Waals surface area contributed by atoms with E-state index in [9.17, 15) is 0 Å². The molecule has 13 heavy (non-hydrogen) atoms. The molecule has 1 aromatic carbocycles. The van der Waals surface area contributed by atoms with Crippen molar-refractivity contribution in [2.24, 2.45) is 0 Å². The van der Waals surface area contributed by atoms with E-state index >= 15 is 0 Å². The van der Waals surface area contributed by atoms with Crippen molar-refractivity contribution in [2.75, 3.05) is 5.75 Å². The SMILES string of the molecule is CCSC1=Cc2ccccc2CC1. The van der Waals surface area contributed by atoms with Gasteiger partial charge < -0.3 is 0 Å². The van der Waals surface area contributed by atoms with Crippen molar-refractivity contribution in [3.8, 4) is 0 Å². The van der Waals surface area contributed by atoms with E-state index < -0.39 is 0 Å². The summed E-state index contributed by atoms with van der Waals surface area (Å²) in [6, 6.07) is 8.70. The van der Waals surface area contributed by atoms with Crippen molar-refractivity contribution in [3.05, 3.63) is 40.3 Å². The lowest BCUT2D eigenvalue weighted by molar-refractivity contribution is 0.973. The highest BCUT2D eigenvalue weighted by atomic mass is 32.2. The summed E-state index contributed by atoms with van der Waals surface area (Å²) < 4.78 is 0. The summed E-state index contributed by atoms with van der Waals surface area (Å²) in [7, 11) is 0. The van der Waals surface area contributed by atoms with Crippen molar-refractivity contribution < 1.29 is 0 Å². The van der Waals surface area contributed by atoms with Crippen LogP contribution in [0.15, 0.2) is 29.2 Å². The Morgan fingerprint density at radius 3 is 2.92 bits per heavy atom. The molecule has 0 radical (unpaired) electrons. The van der Waals surface area contributed by atoms with E-state index in [0.717, 1.165) is 0 Å². The van der Waals surface area contributed by atoms with Gasteiger partial charge >= 0.3 is 0 Å². The predicted octanol–water partition coefficient (Wildman–Crippen LogP) is 3.73. The van der Waals surface area contributed by atoms with Crippen LogP contribution in [0.25, 0.3) is 6.08 Å². The average molecular weight is 190 g/mol. The molecule has 0 N–H and O–H groups in total. The fourth-order valence-electron chi connectivity index (χ4n) is 1.71. The molecule has 0 heterocycles. The van der Waals surface area contributed by atoms with Gasteiger partial charge in [-0.2, -0.15) is 0 Å². The van der Waals surface area contributed by atoms with E-state index in [-0.39, 0.29) is 0 Å². The standard InChI is InChI=1S/C12H14S/c1-2-13-12-8-7-10-5-3-4-6-11(10)9-12/h3-6,9H,2,7-8H2,1H3. The first-order valence-corrected chi connectivity index (χ1v) is 5.80.